The normalized spacial score (nSPS) is 12.3. The van der Waals surface area contributed by atoms with E-state index in [4.69, 9.17) is 76.8 Å². The molecule has 15 aromatic rings. The van der Waals surface area contributed by atoms with E-state index in [9.17, 15) is 28.8 Å². The molecule has 36 heteroatoms. The van der Waals surface area contributed by atoms with Crippen LogP contribution in [0.3, 0.4) is 0 Å². The SMILES string of the molecule is COc1cn(C(CCOC(C)(C)C)C(=O)Nc2ccc3nccnc3c2)c(=O)cc1-c1cc(Cl)ccc1-c1nc(C)no1.COc1cn([C@@H](CCOC(C)(C)C)C(=O)Nc2ccc3nccnc3c2)c(=O)cc1-c1cc(Cl)ccc1-c1nc(C)no1.COc1cn([C@@H](CCOC(C)(C)C)C(=O)Nc2ccc3nccnc3c2)c(=O)cc1-c1cc(Cl)ccc1-c1nc(C)no1. The van der Waals surface area contributed by atoms with Gasteiger partial charge in [0.25, 0.3) is 34.3 Å². The number of aryl methyl sites for hydroxylation is 3. The molecule has 3 atom stereocenters. The fourth-order valence-electron chi connectivity index (χ4n) is 13.9. The van der Waals surface area contributed by atoms with Crippen LogP contribution in [-0.2, 0) is 28.6 Å². The number of rotatable bonds is 27. The summed E-state index contributed by atoms with van der Waals surface area (Å²) >= 11 is 19.1. The van der Waals surface area contributed by atoms with E-state index in [0.717, 1.165) is 0 Å². The van der Waals surface area contributed by atoms with Crippen molar-refractivity contribution in [3.8, 4) is 85.0 Å². The maximum atomic E-state index is 13.7. The average Bonchev–Trinajstić information content (AvgIpc) is 1.76. The molecule has 9 aromatic heterocycles. The summed E-state index contributed by atoms with van der Waals surface area (Å²) in [6.07, 6.45) is 14.8. The Morgan fingerprint density at radius 1 is 0.349 bits per heavy atom. The number of aromatic nitrogens is 15. The number of halogens is 3. The van der Waals surface area contributed by atoms with E-state index in [0.29, 0.717) is 150 Å². The Morgan fingerprint density at radius 2 is 0.605 bits per heavy atom. The van der Waals surface area contributed by atoms with Crippen LogP contribution < -0.4 is 46.8 Å². The van der Waals surface area contributed by atoms with Gasteiger partial charge in [-0.3, -0.25) is 72.4 Å². The van der Waals surface area contributed by atoms with Crippen LogP contribution in [0.2, 0.25) is 15.1 Å². The van der Waals surface area contributed by atoms with Gasteiger partial charge in [-0.15, -0.1) is 0 Å². The number of benzene rings is 6. The molecule has 0 aliphatic rings. The summed E-state index contributed by atoms with van der Waals surface area (Å²) in [5.41, 5.74) is 7.76. The van der Waals surface area contributed by atoms with Gasteiger partial charge in [0.05, 0.1) is 89.8 Å². The summed E-state index contributed by atoms with van der Waals surface area (Å²) < 4.78 is 55.3. The van der Waals surface area contributed by atoms with Gasteiger partial charge in [0.2, 0.25) is 17.7 Å². The van der Waals surface area contributed by atoms with Crippen molar-refractivity contribution in [2.45, 2.75) is 137 Å². The lowest BCUT2D eigenvalue weighted by atomic mass is 9.99. The highest BCUT2D eigenvalue weighted by Crippen LogP contribution is 2.43. The number of fused-ring (bicyclic) bond motifs is 3. The minimum atomic E-state index is -0.923. The van der Waals surface area contributed by atoms with Crippen LogP contribution in [0.4, 0.5) is 17.1 Å². The molecule has 0 aliphatic carbocycles. The number of hydrogen-bond acceptors (Lipinski definition) is 27. The Hall–Kier alpha value is -13.8. The fourth-order valence-corrected chi connectivity index (χ4v) is 14.4. The van der Waals surface area contributed by atoms with Gasteiger partial charge < -0.3 is 57.9 Å². The summed E-state index contributed by atoms with van der Waals surface area (Å²) in [5, 5.41) is 21.8. The number of nitrogens with one attached hydrogen (secondary N) is 3. The first-order valence-electron chi connectivity index (χ1n) is 40.8. The van der Waals surface area contributed by atoms with E-state index in [2.05, 4.69) is 76.3 Å². The molecule has 0 spiro atoms. The van der Waals surface area contributed by atoms with Gasteiger partial charge in [0, 0.05) is 160 Å². The summed E-state index contributed by atoms with van der Waals surface area (Å²) in [4.78, 5) is 121. The van der Waals surface area contributed by atoms with Crippen molar-refractivity contribution in [1.82, 2.24) is 74.0 Å². The van der Waals surface area contributed by atoms with Crippen molar-refractivity contribution in [2.24, 2.45) is 0 Å². The van der Waals surface area contributed by atoms with Crippen LogP contribution >= 0.6 is 34.8 Å². The van der Waals surface area contributed by atoms with Gasteiger partial charge in [-0.25, -0.2) is 0 Å². The molecule has 0 bridgehead atoms. The van der Waals surface area contributed by atoms with Crippen molar-refractivity contribution in [1.29, 1.82) is 0 Å². The van der Waals surface area contributed by atoms with Crippen LogP contribution in [0.1, 0.15) is 117 Å². The molecule has 0 saturated heterocycles. The molecular formula is C93H93Cl3N18O15. The summed E-state index contributed by atoms with van der Waals surface area (Å²) in [5.74, 6) is 2.02. The highest BCUT2D eigenvalue weighted by atomic mass is 35.5. The molecular weight excluding hydrogens is 1720 g/mol. The van der Waals surface area contributed by atoms with Crippen molar-refractivity contribution in [2.75, 3.05) is 57.1 Å². The topological polar surface area (TPSA) is 403 Å². The number of ether oxygens (including phenoxy) is 6. The first-order valence-corrected chi connectivity index (χ1v) is 41.9. The number of carbonyl (C=O) groups excluding carboxylic acids is 3. The molecule has 9 heterocycles. The monoisotopic (exact) mass is 1810 g/mol. The Bertz CT molecular complexity index is 6170. The molecule has 6 aromatic carbocycles. The van der Waals surface area contributed by atoms with Gasteiger partial charge in [0.15, 0.2) is 17.5 Å². The zero-order valence-corrected chi connectivity index (χ0v) is 75.5. The molecule has 3 amide bonds. The Balaban J connectivity index is 0.000000165. The minimum Gasteiger partial charge on any atom is -0.495 e. The highest BCUT2D eigenvalue weighted by Gasteiger charge is 2.32. The maximum absolute atomic E-state index is 13.7. The van der Waals surface area contributed by atoms with E-state index < -0.39 is 69.3 Å². The second-order valence-corrected chi connectivity index (χ2v) is 33.9. The third-order valence-corrected chi connectivity index (χ3v) is 20.5. The van der Waals surface area contributed by atoms with Crippen LogP contribution in [0.15, 0.2) is 211 Å². The molecule has 15 rings (SSSR count). The molecule has 0 radical (unpaired) electrons. The van der Waals surface area contributed by atoms with Crippen molar-refractivity contribution in [3.05, 3.63) is 247 Å². The first-order chi connectivity index (χ1) is 61.6. The quantitative estimate of drug-likeness (QED) is 0.0430. The van der Waals surface area contributed by atoms with Crippen LogP contribution in [0.5, 0.6) is 17.2 Å². The Labute approximate surface area is 754 Å². The summed E-state index contributed by atoms with van der Waals surface area (Å²) in [7, 11) is 4.47. The summed E-state index contributed by atoms with van der Waals surface area (Å²) in [6, 6.07) is 32.6. The van der Waals surface area contributed by atoms with E-state index in [1.54, 1.807) is 167 Å². The van der Waals surface area contributed by atoms with Crippen molar-refractivity contribution < 1.29 is 56.4 Å². The number of methoxy groups -OCH3 is 3. The van der Waals surface area contributed by atoms with Gasteiger partial charge in [0.1, 0.15) is 35.4 Å². The lowest BCUT2D eigenvalue weighted by Gasteiger charge is -2.24. The lowest BCUT2D eigenvalue weighted by Crippen LogP contribution is -2.34. The third-order valence-electron chi connectivity index (χ3n) is 19.8. The smallest absolute Gasteiger partial charge is 0.258 e. The van der Waals surface area contributed by atoms with Crippen molar-refractivity contribution in [3.63, 3.8) is 0 Å². The highest BCUT2D eigenvalue weighted by molar-refractivity contribution is 6.32. The number of pyridine rings is 3. The predicted octanol–water partition coefficient (Wildman–Crippen LogP) is 17.6. The second kappa shape index (κ2) is 40.4. The standard InChI is InChI=1S/3C31H31ClN6O5/c3*1-18-35-30(43-37-18)21-8-6-19(32)14-22(21)23-16-28(39)38(17-27(23)41-5)26(10-13-42-31(2,3)4)29(40)36-20-7-9-24-25(15-20)34-12-11-33-24/h3*6-9,11-12,14-17,26H,10,13H2,1-5H3,(H,36,40)/t2*26-;/m00./s1. The number of amides is 3. The van der Waals surface area contributed by atoms with Gasteiger partial charge >= 0.3 is 0 Å². The lowest BCUT2D eigenvalue weighted by molar-refractivity contribution is -0.121. The fraction of sp³-hybridized carbons (Fsp3) is 0.290. The largest absolute Gasteiger partial charge is 0.495 e. The molecule has 0 saturated carbocycles. The minimum absolute atomic E-state index is 0.225. The molecule has 33 nitrogen and oxygen atoms in total. The molecule has 0 fully saturated rings. The number of nitrogens with zero attached hydrogens (tertiary/aromatic N) is 15. The third kappa shape index (κ3) is 23.5. The number of anilines is 3. The van der Waals surface area contributed by atoms with Crippen LogP contribution in [0, 0.1) is 20.8 Å². The van der Waals surface area contributed by atoms with Gasteiger partial charge in [-0.2, -0.15) is 15.0 Å². The van der Waals surface area contributed by atoms with Crippen LogP contribution in [0.25, 0.3) is 101 Å². The first kappa shape index (κ1) is 92.8. The Morgan fingerprint density at radius 3 is 0.837 bits per heavy atom. The molecule has 3 N–H and O–H groups in total. The molecule has 0 aliphatic heterocycles. The molecule has 666 valence electrons. The second-order valence-electron chi connectivity index (χ2n) is 32.6. The van der Waals surface area contributed by atoms with E-state index in [-0.39, 0.29) is 56.8 Å². The number of hydrogen-bond donors (Lipinski definition) is 3. The molecule has 129 heavy (non-hydrogen) atoms. The zero-order valence-electron chi connectivity index (χ0n) is 73.3. The summed E-state index contributed by atoms with van der Waals surface area (Å²) in [6.45, 7) is 23.2. The van der Waals surface area contributed by atoms with E-state index >= 15 is 0 Å². The Kier molecular flexibility index (Phi) is 29.1. The molecule has 1 unspecified atom stereocenters. The van der Waals surface area contributed by atoms with Crippen LogP contribution in [-0.4, -0.2) is 150 Å². The predicted molar refractivity (Wildman–Crippen MR) is 490 cm³/mol. The van der Waals surface area contributed by atoms with Gasteiger partial charge in [-0.1, -0.05) is 50.3 Å². The average molecular weight is 1810 g/mol. The number of carbonyl (C=O) groups is 3. The van der Waals surface area contributed by atoms with E-state index in [1.165, 1.54) is 71.8 Å². The zero-order chi connectivity index (χ0) is 92.2. The van der Waals surface area contributed by atoms with E-state index in [1.807, 2.05) is 62.3 Å². The van der Waals surface area contributed by atoms with Gasteiger partial charge in [-0.05, 0) is 209 Å². The van der Waals surface area contributed by atoms with Crippen molar-refractivity contribution >= 4 is 103 Å². The maximum Gasteiger partial charge on any atom is 0.258 e.